The molecule has 1 N–H and O–H groups in total. The standard InChI is InChI=1S/C19H15N3O3S/c23-19(21-20-13-16-11-12-17(26-16)22(24)25)18(14-7-3-1-4-8-14)15-9-5-2-6-10-15/h1-13,18H,(H,21,23)/b20-13+. The maximum atomic E-state index is 12.7. The number of hydrogen-bond donors (Lipinski definition) is 1. The van der Waals surface area contributed by atoms with E-state index in [0.29, 0.717) is 4.88 Å². The van der Waals surface area contributed by atoms with Crippen LogP contribution in [0.3, 0.4) is 0 Å². The van der Waals surface area contributed by atoms with E-state index in [9.17, 15) is 14.9 Å². The van der Waals surface area contributed by atoms with Gasteiger partial charge in [-0.15, -0.1) is 0 Å². The molecule has 1 heterocycles. The fourth-order valence-electron chi connectivity index (χ4n) is 2.52. The van der Waals surface area contributed by atoms with Crippen molar-refractivity contribution in [3.63, 3.8) is 0 Å². The number of carbonyl (C=O) groups is 1. The van der Waals surface area contributed by atoms with Crippen molar-refractivity contribution in [1.82, 2.24) is 5.43 Å². The number of rotatable bonds is 6. The van der Waals surface area contributed by atoms with Crippen molar-refractivity contribution in [2.24, 2.45) is 5.10 Å². The molecule has 0 aliphatic carbocycles. The summed E-state index contributed by atoms with van der Waals surface area (Å²) < 4.78 is 0. The summed E-state index contributed by atoms with van der Waals surface area (Å²) in [5, 5.41) is 14.7. The first-order valence-corrected chi connectivity index (χ1v) is 8.64. The maximum Gasteiger partial charge on any atom is 0.324 e. The van der Waals surface area contributed by atoms with Gasteiger partial charge in [-0.2, -0.15) is 5.10 Å². The van der Waals surface area contributed by atoms with E-state index in [1.54, 1.807) is 6.07 Å². The Hall–Kier alpha value is -3.32. The van der Waals surface area contributed by atoms with Crippen LogP contribution >= 0.6 is 11.3 Å². The number of hydrogen-bond acceptors (Lipinski definition) is 5. The van der Waals surface area contributed by atoms with Gasteiger partial charge in [-0.05, 0) is 17.2 Å². The van der Waals surface area contributed by atoms with Gasteiger partial charge >= 0.3 is 5.00 Å². The summed E-state index contributed by atoms with van der Waals surface area (Å²) >= 11 is 0.994. The first-order chi connectivity index (χ1) is 12.6. The molecule has 26 heavy (non-hydrogen) atoms. The van der Waals surface area contributed by atoms with Gasteiger partial charge in [0.1, 0.15) is 0 Å². The molecule has 0 aliphatic heterocycles. The molecule has 0 radical (unpaired) electrons. The molecule has 2 aromatic carbocycles. The molecule has 1 amide bonds. The Labute approximate surface area is 154 Å². The third-order valence-corrected chi connectivity index (χ3v) is 4.66. The van der Waals surface area contributed by atoms with Crippen molar-refractivity contribution >= 4 is 28.5 Å². The van der Waals surface area contributed by atoms with Crippen molar-refractivity contribution in [1.29, 1.82) is 0 Å². The van der Waals surface area contributed by atoms with Gasteiger partial charge in [-0.3, -0.25) is 14.9 Å². The summed E-state index contributed by atoms with van der Waals surface area (Å²) in [5.74, 6) is -0.767. The molecule has 0 saturated heterocycles. The van der Waals surface area contributed by atoms with Crippen LogP contribution in [0.2, 0.25) is 0 Å². The third-order valence-electron chi connectivity index (χ3n) is 3.69. The van der Waals surface area contributed by atoms with Crippen LogP contribution in [0.4, 0.5) is 5.00 Å². The van der Waals surface area contributed by atoms with E-state index >= 15 is 0 Å². The van der Waals surface area contributed by atoms with Gasteiger partial charge in [0.2, 0.25) is 0 Å². The van der Waals surface area contributed by atoms with Crippen molar-refractivity contribution in [2.75, 3.05) is 0 Å². The number of nitro groups is 1. The molecule has 0 aliphatic rings. The number of nitrogens with zero attached hydrogens (tertiary/aromatic N) is 2. The van der Waals surface area contributed by atoms with E-state index in [4.69, 9.17) is 0 Å². The lowest BCUT2D eigenvalue weighted by atomic mass is 9.91. The molecule has 0 bridgehead atoms. The molecule has 1 aromatic heterocycles. The van der Waals surface area contributed by atoms with E-state index in [1.807, 2.05) is 60.7 Å². The highest BCUT2D eigenvalue weighted by molar-refractivity contribution is 7.16. The number of carbonyl (C=O) groups excluding carboxylic acids is 1. The second kappa shape index (κ2) is 8.17. The van der Waals surface area contributed by atoms with E-state index < -0.39 is 10.8 Å². The highest BCUT2D eigenvalue weighted by Crippen LogP contribution is 2.25. The van der Waals surface area contributed by atoms with Gasteiger partial charge < -0.3 is 0 Å². The molecule has 0 atom stereocenters. The fourth-order valence-corrected chi connectivity index (χ4v) is 3.21. The van der Waals surface area contributed by atoms with Crippen LogP contribution in [0, 0.1) is 10.1 Å². The second-order valence-electron chi connectivity index (χ2n) is 5.42. The normalized spacial score (nSPS) is 11.0. The van der Waals surface area contributed by atoms with E-state index in [0.717, 1.165) is 22.5 Å². The predicted molar refractivity (Wildman–Crippen MR) is 101 cm³/mol. The average Bonchev–Trinajstić information content (AvgIpc) is 3.13. The summed E-state index contributed by atoms with van der Waals surface area (Å²) in [5.41, 5.74) is 4.25. The number of thiophene rings is 1. The molecular formula is C19H15N3O3S. The zero-order chi connectivity index (χ0) is 18.4. The lowest BCUT2D eigenvalue weighted by molar-refractivity contribution is -0.380. The number of benzene rings is 2. The predicted octanol–water partition coefficient (Wildman–Crippen LogP) is 3.94. The average molecular weight is 365 g/mol. The van der Waals surface area contributed by atoms with Gasteiger partial charge in [-0.1, -0.05) is 72.0 Å². The number of amides is 1. The van der Waals surface area contributed by atoms with Crippen molar-refractivity contribution < 1.29 is 9.72 Å². The zero-order valence-corrected chi connectivity index (χ0v) is 14.4. The lowest BCUT2D eigenvalue weighted by Crippen LogP contribution is -2.26. The topological polar surface area (TPSA) is 84.6 Å². The van der Waals surface area contributed by atoms with Crippen LogP contribution in [0.1, 0.15) is 21.9 Å². The minimum absolute atomic E-state index is 0.0317. The lowest BCUT2D eigenvalue weighted by Gasteiger charge is -2.16. The molecule has 0 fully saturated rings. The van der Waals surface area contributed by atoms with Crippen LogP contribution in [0.25, 0.3) is 0 Å². The van der Waals surface area contributed by atoms with Gasteiger partial charge in [0.15, 0.2) is 0 Å². The summed E-state index contributed by atoms with van der Waals surface area (Å²) in [6, 6.07) is 21.9. The summed E-state index contributed by atoms with van der Waals surface area (Å²) in [6.07, 6.45) is 1.41. The minimum Gasteiger partial charge on any atom is -0.272 e. The largest absolute Gasteiger partial charge is 0.324 e. The second-order valence-corrected chi connectivity index (χ2v) is 6.52. The maximum absolute atomic E-state index is 12.7. The van der Waals surface area contributed by atoms with Gasteiger partial charge in [0, 0.05) is 6.07 Å². The summed E-state index contributed by atoms with van der Waals surface area (Å²) in [4.78, 5) is 23.6. The van der Waals surface area contributed by atoms with Gasteiger partial charge in [0.25, 0.3) is 5.91 Å². The quantitative estimate of drug-likeness (QED) is 0.408. The molecule has 3 aromatic rings. The number of hydrazone groups is 1. The van der Waals surface area contributed by atoms with Crippen molar-refractivity contribution in [3.05, 3.63) is 98.9 Å². The molecular weight excluding hydrogens is 350 g/mol. The third kappa shape index (κ3) is 4.20. The Balaban J connectivity index is 1.77. The number of nitrogens with one attached hydrogen (secondary N) is 1. The first-order valence-electron chi connectivity index (χ1n) is 7.82. The van der Waals surface area contributed by atoms with Gasteiger partial charge in [0.05, 0.1) is 21.9 Å². The Morgan fingerprint density at radius 1 is 1.00 bits per heavy atom. The molecule has 130 valence electrons. The van der Waals surface area contributed by atoms with Crippen LogP contribution < -0.4 is 5.43 Å². The van der Waals surface area contributed by atoms with Crippen molar-refractivity contribution in [3.8, 4) is 0 Å². The first kappa shape index (κ1) is 17.5. The smallest absolute Gasteiger partial charge is 0.272 e. The van der Waals surface area contributed by atoms with Crippen LogP contribution in [-0.4, -0.2) is 17.0 Å². The van der Waals surface area contributed by atoms with Crippen LogP contribution in [-0.2, 0) is 4.79 Å². The Bertz CT molecular complexity index is 884. The molecule has 0 unspecified atom stereocenters. The van der Waals surface area contributed by atoms with E-state index in [-0.39, 0.29) is 10.9 Å². The fraction of sp³-hybridized carbons (Fsp3) is 0.0526. The Morgan fingerprint density at radius 2 is 1.58 bits per heavy atom. The van der Waals surface area contributed by atoms with E-state index in [1.165, 1.54) is 12.3 Å². The minimum atomic E-state index is -0.493. The molecule has 0 spiro atoms. The van der Waals surface area contributed by atoms with Crippen LogP contribution in [0.15, 0.2) is 77.9 Å². The van der Waals surface area contributed by atoms with E-state index in [2.05, 4.69) is 10.5 Å². The summed E-state index contributed by atoms with van der Waals surface area (Å²) in [6.45, 7) is 0. The Kier molecular flexibility index (Phi) is 5.50. The molecule has 7 heteroatoms. The zero-order valence-electron chi connectivity index (χ0n) is 13.6. The molecule has 6 nitrogen and oxygen atoms in total. The Morgan fingerprint density at radius 3 is 2.08 bits per heavy atom. The van der Waals surface area contributed by atoms with Crippen molar-refractivity contribution in [2.45, 2.75) is 5.92 Å². The van der Waals surface area contributed by atoms with Gasteiger partial charge in [-0.25, -0.2) is 5.43 Å². The summed E-state index contributed by atoms with van der Waals surface area (Å²) in [7, 11) is 0. The highest BCUT2D eigenvalue weighted by Gasteiger charge is 2.22. The monoisotopic (exact) mass is 365 g/mol. The molecule has 3 rings (SSSR count). The molecule has 0 saturated carbocycles. The van der Waals surface area contributed by atoms with Crippen LogP contribution in [0.5, 0.6) is 0 Å². The highest BCUT2D eigenvalue weighted by atomic mass is 32.1. The SMILES string of the molecule is O=C(N/N=C/c1ccc([N+](=O)[O-])s1)C(c1ccccc1)c1ccccc1.